The van der Waals surface area contributed by atoms with E-state index in [-0.39, 0.29) is 5.91 Å². The molecule has 1 aromatic heterocycles. The molecule has 1 aromatic rings. The summed E-state index contributed by atoms with van der Waals surface area (Å²) in [4.78, 5) is 15.8. The van der Waals surface area contributed by atoms with Crippen LogP contribution >= 0.6 is 11.6 Å². The van der Waals surface area contributed by atoms with E-state index in [9.17, 15) is 4.79 Å². The molecule has 0 aliphatic heterocycles. The zero-order valence-corrected chi connectivity index (χ0v) is 11.2. The highest BCUT2D eigenvalue weighted by Gasteiger charge is 2.14. The minimum absolute atomic E-state index is 0.131. The first-order chi connectivity index (χ1) is 8.75. The van der Waals surface area contributed by atoms with Crippen LogP contribution in [0.2, 0.25) is 5.02 Å². The van der Waals surface area contributed by atoms with Gasteiger partial charge in [-0.2, -0.15) is 0 Å². The predicted molar refractivity (Wildman–Crippen MR) is 72.8 cm³/mol. The van der Waals surface area contributed by atoms with E-state index in [1.807, 2.05) is 0 Å². The second kappa shape index (κ2) is 6.74. The summed E-state index contributed by atoms with van der Waals surface area (Å²) in [6.45, 7) is 0.734. The van der Waals surface area contributed by atoms with E-state index in [2.05, 4.69) is 10.3 Å². The summed E-state index contributed by atoms with van der Waals surface area (Å²) < 4.78 is 0. The van der Waals surface area contributed by atoms with Gasteiger partial charge in [0.05, 0.1) is 0 Å². The first-order valence-corrected chi connectivity index (χ1v) is 7.03. The Morgan fingerprint density at radius 1 is 1.39 bits per heavy atom. The molecule has 0 aromatic carbocycles. The van der Waals surface area contributed by atoms with Crippen LogP contribution in [0.1, 0.15) is 49.0 Å². The Kier molecular flexibility index (Phi) is 5.00. The average molecular weight is 267 g/mol. The molecule has 1 N–H and O–H groups in total. The Balaban J connectivity index is 1.74. The largest absolute Gasteiger partial charge is 0.351 e. The van der Waals surface area contributed by atoms with Crippen molar-refractivity contribution in [2.24, 2.45) is 5.92 Å². The summed E-state index contributed by atoms with van der Waals surface area (Å²) in [6.07, 6.45) is 9.31. The second-order valence-electron chi connectivity index (χ2n) is 4.91. The number of nitrogens with one attached hydrogen (secondary N) is 1. The van der Waals surface area contributed by atoms with Crippen molar-refractivity contribution in [2.45, 2.75) is 38.5 Å². The van der Waals surface area contributed by atoms with Crippen LogP contribution in [0.5, 0.6) is 0 Å². The first kappa shape index (κ1) is 13.3. The maximum absolute atomic E-state index is 11.8. The highest BCUT2D eigenvalue weighted by atomic mass is 35.5. The Bertz CT molecular complexity index is 403. The number of hydrogen-bond acceptors (Lipinski definition) is 2. The van der Waals surface area contributed by atoms with Gasteiger partial charge in [-0.1, -0.05) is 43.7 Å². The Morgan fingerprint density at radius 2 is 2.17 bits per heavy atom. The molecular weight excluding hydrogens is 248 g/mol. The summed E-state index contributed by atoms with van der Waals surface area (Å²) in [5.41, 5.74) is 0.395. The van der Waals surface area contributed by atoms with Crippen LogP contribution in [0, 0.1) is 5.92 Å². The molecule has 1 fully saturated rings. The van der Waals surface area contributed by atoms with Crippen molar-refractivity contribution in [2.75, 3.05) is 6.54 Å². The molecule has 1 heterocycles. The van der Waals surface area contributed by atoms with Gasteiger partial charge >= 0.3 is 0 Å². The molecule has 1 saturated carbocycles. The summed E-state index contributed by atoms with van der Waals surface area (Å²) in [5.74, 6) is 0.652. The lowest BCUT2D eigenvalue weighted by Crippen LogP contribution is -2.27. The fraction of sp³-hybridized carbons (Fsp3) is 0.571. The van der Waals surface area contributed by atoms with E-state index in [1.54, 1.807) is 18.3 Å². The number of rotatable bonds is 4. The highest BCUT2D eigenvalue weighted by molar-refractivity contribution is 6.30. The van der Waals surface area contributed by atoms with Gasteiger partial charge in [0.2, 0.25) is 0 Å². The van der Waals surface area contributed by atoms with Crippen LogP contribution in [0.3, 0.4) is 0 Å². The minimum Gasteiger partial charge on any atom is -0.351 e. The molecule has 0 atom stereocenters. The maximum Gasteiger partial charge on any atom is 0.269 e. The zero-order chi connectivity index (χ0) is 12.8. The van der Waals surface area contributed by atoms with Crippen LogP contribution in [0.25, 0.3) is 0 Å². The SMILES string of the molecule is O=C(NCCC1CCCCC1)c1cc(Cl)ccn1. The number of hydrogen-bond donors (Lipinski definition) is 1. The number of carbonyl (C=O) groups is 1. The van der Waals surface area contributed by atoms with Crippen LogP contribution in [-0.2, 0) is 0 Å². The Labute approximate surface area is 113 Å². The topological polar surface area (TPSA) is 42.0 Å². The van der Waals surface area contributed by atoms with Crippen LogP contribution in [-0.4, -0.2) is 17.4 Å². The van der Waals surface area contributed by atoms with Crippen LogP contribution < -0.4 is 5.32 Å². The molecule has 3 nitrogen and oxygen atoms in total. The number of halogens is 1. The van der Waals surface area contributed by atoms with Gasteiger partial charge in [-0.15, -0.1) is 0 Å². The molecule has 1 aliphatic carbocycles. The predicted octanol–water partition coefficient (Wildman–Crippen LogP) is 3.44. The summed E-state index contributed by atoms with van der Waals surface area (Å²) in [6, 6.07) is 3.26. The normalized spacial score (nSPS) is 16.5. The average Bonchev–Trinajstić information content (AvgIpc) is 2.40. The molecule has 18 heavy (non-hydrogen) atoms. The van der Waals surface area contributed by atoms with Crippen LogP contribution in [0.4, 0.5) is 0 Å². The monoisotopic (exact) mass is 266 g/mol. The quantitative estimate of drug-likeness (QED) is 0.907. The lowest BCUT2D eigenvalue weighted by molar-refractivity contribution is 0.0945. The third-order valence-electron chi connectivity index (χ3n) is 3.52. The number of nitrogens with zero attached hydrogens (tertiary/aromatic N) is 1. The van der Waals surface area contributed by atoms with Gasteiger partial charge in [-0.3, -0.25) is 9.78 Å². The molecule has 98 valence electrons. The second-order valence-corrected chi connectivity index (χ2v) is 5.34. The molecule has 2 rings (SSSR count). The zero-order valence-electron chi connectivity index (χ0n) is 10.5. The third kappa shape index (κ3) is 3.98. The van der Waals surface area contributed by atoms with E-state index < -0.39 is 0 Å². The summed E-state index contributed by atoms with van der Waals surface area (Å²) in [5, 5.41) is 3.46. The summed E-state index contributed by atoms with van der Waals surface area (Å²) >= 11 is 5.82. The molecule has 0 radical (unpaired) electrons. The lowest BCUT2D eigenvalue weighted by Gasteiger charge is -2.21. The Morgan fingerprint density at radius 3 is 2.89 bits per heavy atom. The molecule has 1 aliphatic rings. The van der Waals surface area contributed by atoms with Crippen molar-refractivity contribution < 1.29 is 4.79 Å². The Hall–Kier alpha value is -1.09. The number of aromatic nitrogens is 1. The summed E-state index contributed by atoms with van der Waals surface area (Å²) in [7, 11) is 0. The van der Waals surface area contributed by atoms with Gasteiger partial charge in [0, 0.05) is 17.8 Å². The fourth-order valence-electron chi connectivity index (χ4n) is 2.49. The third-order valence-corrected chi connectivity index (χ3v) is 3.75. The number of amides is 1. The number of carbonyl (C=O) groups excluding carboxylic acids is 1. The van der Waals surface area contributed by atoms with Crippen molar-refractivity contribution in [1.82, 2.24) is 10.3 Å². The maximum atomic E-state index is 11.8. The molecule has 0 unspecified atom stereocenters. The molecule has 0 bridgehead atoms. The van der Waals surface area contributed by atoms with E-state index in [0.717, 1.165) is 18.9 Å². The van der Waals surface area contributed by atoms with Crippen LogP contribution in [0.15, 0.2) is 18.3 Å². The van der Waals surface area contributed by atoms with Crippen molar-refractivity contribution in [3.63, 3.8) is 0 Å². The van der Waals surface area contributed by atoms with Gasteiger partial charge in [0.1, 0.15) is 5.69 Å². The molecular formula is C14H19ClN2O. The van der Waals surface area contributed by atoms with Gasteiger partial charge in [0.15, 0.2) is 0 Å². The first-order valence-electron chi connectivity index (χ1n) is 6.65. The van der Waals surface area contributed by atoms with Gasteiger partial charge < -0.3 is 5.32 Å². The van der Waals surface area contributed by atoms with E-state index in [0.29, 0.717) is 10.7 Å². The smallest absolute Gasteiger partial charge is 0.269 e. The fourth-order valence-corrected chi connectivity index (χ4v) is 2.64. The van der Waals surface area contributed by atoms with Gasteiger partial charge in [-0.25, -0.2) is 0 Å². The lowest BCUT2D eigenvalue weighted by atomic mass is 9.87. The van der Waals surface area contributed by atoms with Gasteiger partial charge in [-0.05, 0) is 24.5 Å². The number of pyridine rings is 1. The van der Waals surface area contributed by atoms with Gasteiger partial charge in [0.25, 0.3) is 5.91 Å². The van der Waals surface area contributed by atoms with Crippen molar-refractivity contribution in [1.29, 1.82) is 0 Å². The molecule has 1 amide bonds. The van der Waals surface area contributed by atoms with Crippen molar-refractivity contribution in [3.8, 4) is 0 Å². The highest BCUT2D eigenvalue weighted by Crippen LogP contribution is 2.25. The standard InChI is InChI=1S/C14H19ClN2O/c15-12-7-9-16-13(10-12)14(18)17-8-6-11-4-2-1-3-5-11/h7,9-11H,1-6,8H2,(H,17,18). The van der Waals surface area contributed by atoms with Crippen molar-refractivity contribution in [3.05, 3.63) is 29.0 Å². The van der Waals surface area contributed by atoms with E-state index in [4.69, 9.17) is 11.6 Å². The van der Waals surface area contributed by atoms with E-state index in [1.165, 1.54) is 32.1 Å². The minimum atomic E-state index is -0.131. The molecule has 0 saturated heterocycles. The molecule has 0 spiro atoms. The molecule has 4 heteroatoms. The van der Waals surface area contributed by atoms with Crippen molar-refractivity contribution >= 4 is 17.5 Å². The van der Waals surface area contributed by atoms with E-state index >= 15 is 0 Å².